The van der Waals surface area contributed by atoms with Gasteiger partial charge in [0.1, 0.15) is 6.04 Å². The Kier molecular flexibility index (Phi) is 4.44. The van der Waals surface area contributed by atoms with E-state index in [9.17, 15) is 9.59 Å². The molecule has 1 aromatic carbocycles. The molecule has 112 valence electrons. The molecule has 1 aromatic heterocycles. The second-order valence-electron chi connectivity index (χ2n) is 4.58. The van der Waals surface area contributed by atoms with Gasteiger partial charge < -0.3 is 15.4 Å². The van der Waals surface area contributed by atoms with E-state index in [0.29, 0.717) is 0 Å². The zero-order valence-electron chi connectivity index (χ0n) is 11.8. The van der Waals surface area contributed by atoms with E-state index in [-0.39, 0.29) is 6.42 Å². The lowest BCUT2D eigenvalue weighted by molar-refractivity contribution is -0.170. The number of carbonyl (C=O) groups excluding carboxylic acids is 1. The summed E-state index contributed by atoms with van der Waals surface area (Å²) >= 11 is 0. The first-order valence-electron chi connectivity index (χ1n) is 6.39. The van der Waals surface area contributed by atoms with Gasteiger partial charge in [-0.2, -0.15) is 0 Å². The zero-order valence-corrected chi connectivity index (χ0v) is 11.8. The first kappa shape index (κ1) is 14.9. The highest BCUT2D eigenvalue weighted by Gasteiger charge is 2.25. The summed E-state index contributed by atoms with van der Waals surface area (Å²) < 4.78 is 0. The summed E-state index contributed by atoms with van der Waals surface area (Å²) in [6.07, 6.45) is 0.766. The molecule has 0 saturated carbocycles. The first-order chi connectivity index (χ1) is 10.0. The molecule has 0 radical (unpaired) electrons. The van der Waals surface area contributed by atoms with E-state index < -0.39 is 18.0 Å². The van der Waals surface area contributed by atoms with E-state index in [0.717, 1.165) is 21.5 Å². The van der Waals surface area contributed by atoms with Crippen LogP contribution in [0.25, 0.3) is 10.9 Å². The van der Waals surface area contributed by atoms with E-state index in [2.05, 4.69) is 10.3 Å². The minimum Gasteiger partial charge on any atom is -0.465 e. The highest BCUT2D eigenvalue weighted by molar-refractivity contribution is 5.87. The largest absolute Gasteiger partial charge is 0.465 e. The van der Waals surface area contributed by atoms with Crippen molar-refractivity contribution in [1.29, 1.82) is 0 Å². The van der Waals surface area contributed by atoms with Crippen LogP contribution in [0.4, 0.5) is 4.79 Å². The fourth-order valence-electron chi connectivity index (χ4n) is 2.18. The molecule has 0 spiro atoms. The molecular formula is C14H17N3O4. The predicted octanol–water partition coefficient (Wildman–Crippen LogP) is 1.37. The molecule has 2 aromatic rings. The lowest BCUT2D eigenvalue weighted by Gasteiger charge is -2.21. The molecule has 2 amide bonds. The minimum atomic E-state index is -1.25. The predicted molar refractivity (Wildman–Crippen MR) is 76.7 cm³/mol. The molecule has 1 heterocycles. The highest BCUT2D eigenvalue weighted by Crippen LogP contribution is 2.19. The third-order valence-corrected chi connectivity index (χ3v) is 3.28. The van der Waals surface area contributed by atoms with Gasteiger partial charge in [0.05, 0.1) is 7.11 Å². The number of hydrogen-bond donors (Lipinski definition) is 3. The molecule has 0 aliphatic rings. The number of para-hydroxylation sites is 1. The third kappa shape index (κ3) is 3.32. The number of amides is 2. The van der Waals surface area contributed by atoms with Crippen molar-refractivity contribution >= 4 is 22.9 Å². The van der Waals surface area contributed by atoms with Crippen LogP contribution in [0.5, 0.6) is 0 Å². The van der Waals surface area contributed by atoms with Crippen molar-refractivity contribution in [1.82, 2.24) is 15.4 Å². The molecule has 0 aliphatic carbocycles. The molecule has 2 rings (SSSR count). The average molecular weight is 291 g/mol. The fraction of sp³-hybridized carbons (Fsp3) is 0.286. The fourth-order valence-corrected chi connectivity index (χ4v) is 2.18. The van der Waals surface area contributed by atoms with Gasteiger partial charge in [0, 0.05) is 30.6 Å². The smallest absolute Gasteiger partial charge is 0.405 e. The maximum Gasteiger partial charge on any atom is 0.405 e. The summed E-state index contributed by atoms with van der Waals surface area (Å²) in [6.45, 7) is 0. The summed E-state index contributed by atoms with van der Waals surface area (Å²) in [5.74, 6) is -0.454. The van der Waals surface area contributed by atoms with Gasteiger partial charge in [-0.3, -0.25) is 9.63 Å². The highest BCUT2D eigenvalue weighted by atomic mass is 16.7. The van der Waals surface area contributed by atoms with Crippen LogP contribution < -0.4 is 5.32 Å². The van der Waals surface area contributed by atoms with E-state index in [1.54, 1.807) is 6.20 Å². The van der Waals surface area contributed by atoms with Crippen molar-refractivity contribution in [2.24, 2.45) is 0 Å². The molecule has 21 heavy (non-hydrogen) atoms. The van der Waals surface area contributed by atoms with Crippen LogP contribution in [0.3, 0.4) is 0 Å². The number of nitrogens with one attached hydrogen (secondary N) is 2. The van der Waals surface area contributed by atoms with Crippen molar-refractivity contribution in [2.45, 2.75) is 12.5 Å². The zero-order chi connectivity index (χ0) is 15.4. The van der Waals surface area contributed by atoms with Gasteiger partial charge in [-0.15, -0.1) is 0 Å². The van der Waals surface area contributed by atoms with Gasteiger partial charge in [0.2, 0.25) is 0 Å². The number of carboxylic acid groups (broad SMARTS) is 1. The van der Waals surface area contributed by atoms with Crippen molar-refractivity contribution in [3.8, 4) is 0 Å². The van der Waals surface area contributed by atoms with Gasteiger partial charge in [0.25, 0.3) is 5.91 Å². The quantitative estimate of drug-likeness (QED) is 0.725. The molecule has 3 N–H and O–H groups in total. The third-order valence-electron chi connectivity index (χ3n) is 3.28. The average Bonchev–Trinajstić information content (AvgIpc) is 2.88. The Morgan fingerprint density at radius 2 is 2.14 bits per heavy atom. The normalized spacial score (nSPS) is 12.1. The number of likely N-dealkylation sites (N-methyl/N-ethyl adjacent to an activating group) is 1. The van der Waals surface area contributed by atoms with Crippen LogP contribution in [-0.2, 0) is 16.1 Å². The Balaban J connectivity index is 2.26. The number of nitrogens with zero attached hydrogens (tertiary/aromatic N) is 1. The Labute approximate surface area is 121 Å². The van der Waals surface area contributed by atoms with Gasteiger partial charge in [0.15, 0.2) is 0 Å². The molecule has 7 nitrogen and oxygen atoms in total. The van der Waals surface area contributed by atoms with Gasteiger partial charge in [-0.1, -0.05) is 18.2 Å². The summed E-state index contributed by atoms with van der Waals surface area (Å²) in [7, 11) is 2.79. The SMILES string of the molecule is CON(C)C(=O)[C@H](Cc1c[nH]c2ccccc12)NC(=O)O. The van der Waals surface area contributed by atoms with Crippen molar-refractivity contribution in [2.75, 3.05) is 14.2 Å². The summed E-state index contributed by atoms with van der Waals surface area (Å²) in [4.78, 5) is 30.9. The number of aromatic nitrogens is 1. The Morgan fingerprint density at radius 3 is 2.81 bits per heavy atom. The van der Waals surface area contributed by atoms with Gasteiger partial charge in [-0.05, 0) is 11.6 Å². The van der Waals surface area contributed by atoms with Crippen molar-refractivity contribution < 1.29 is 19.5 Å². The number of benzene rings is 1. The topological polar surface area (TPSA) is 94.7 Å². The number of fused-ring (bicyclic) bond motifs is 1. The van der Waals surface area contributed by atoms with E-state index in [4.69, 9.17) is 9.94 Å². The molecule has 0 bridgehead atoms. The second-order valence-corrected chi connectivity index (χ2v) is 4.58. The Hall–Kier alpha value is -2.54. The number of hydroxylamine groups is 2. The first-order valence-corrected chi connectivity index (χ1v) is 6.39. The Bertz CT molecular complexity index is 652. The number of H-pyrrole nitrogens is 1. The van der Waals surface area contributed by atoms with Gasteiger partial charge in [-0.25, -0.2) is 9.86 Å². The standard InChI is InChI=1S/C14H17N3O4/c1-17(21-2)13(18)12(16-14(19)20)7-9-8-15-11-6-4-3-5-10(9)11/h3-6,8,12,15-16H,7H2,1-2H3,(H,19,20)/t12-/m0/s1. The molecule has 0 fully saturated rings. The Morgan fingerprint density at radius 1 is 1.43 bits per heavy atom. The van der Waals surface area contributed by atoms with Crippen LogP contribution in [0, 0.1) is 0 Å². The van der Waals surface area contributed by atoms with Gasteiger partial charge >= 0.3 is 6.09 Å². The molecule has 0 unspecified atom stereocenters. The van der Waals surface area contributed by atoms with E-state index >= 15 is 0 Å². The molecule has 0 aliphatic heterocycles. The monoisotopic (exact) mass is 291 g/mol. The molecule has 0 saturated heterocycles. The van der Waals surface area contributed by atoms with Crippen LogP contribution in [-0.4, -0.2) is 47.4 Å². The maximum absolute atomic E-state index is 12.1. The summed E-state index contributed by atoms with van der Waals surface area (Å²) in [5, 5.41) is 13.1. The lowest BCUT2D eigenvalue weighted by Crippen LogP contribution is -2.47. The molecular weight excluding hydrogens is 274 g/mol. The van der Waals surface area contributed by atoms with Crippen molar-refractivity contribution in [3.05, 3.63) is 36.0 Å². The second kappa shape index (κ2) is 6.27. The van der Waals surface area contributed by atoms with Crippen molar-refractivity contribution in [3.63, 3.8) is 0 Å². The van der Waals surface area contributed by atoms with Crippen LogP contribution in [0.15, 0.2) is 30.5 Å². The van der Waals surface area contributed by atoms with Crippen LogP contribution >= 0.6 is 0 Å². The molecule has 7 heteroatoms. The molecule has 1 atom stereocenters. The van der Waals surface area contributed by atoms with E-state index in [1.807, 2.05) is 24.3 Å². The number of hydrogen-bond acceptors (Lipinski definition) is 3. The number of aromatic amines is 1. The number of rotatable bonds is 5. The number of carbonyl (C=O) groups is 2. The van der Waals surface area contributed by atoms with Crippen LogP contribution in [0.2, 0.25) is 0 Å². The summed E-state index contributed by atoms with van der Waals surface area (Å²) in [6, 6.07) is 6.72. The minimum absolute atomic E-state index is 0.239. The lowest BCUT2D eigenvalue weighted by atomic mass is 10.0. The van der Waals surface area contributed by atoms with Crippen LogP contribution in [0.1, 0.15) is 5.56 Å². The summed E-state index contributed by atoms with van der Waals surface area (Å²) in [5.41, 5.74) is 1.80. The van der Waals surface area contributed by atoms with E-state index in [1.165, 1.54) is 14.2 Å². The maximum atomic E-state index is 12.1.